The van der Waals surface area contributed by atoms with E-state index >= 15 is 0 Å². The molecule has 0 fully saturated rings. The predicted octanol–water partition coefficient (Wildman–Crippen LogP) is 6.19. The maximum Gasteiger partial charge on any atom is 0.261 e. The van der Waals surface area contributed by atoms with E-state index in [4.69, 9.17) is 4.98 Å². The first-order chi connectivity index (χ1) is 15.6. The highest BCUT2D eigenvalue weighted by Gasteiger charge is 2.10. The Morgan fingerprint density at radius 3 is 2.53 bits per heavy atom. The topological polar surface area (TPSA) is 39.8 Å². The third-order valence-corrected chi connectivity index (χ3v) is 6.36. The van der Waals surface area contributed by atoms with Gasteiger partial charge in [-0.05, 0) is 71.5 Å². The van der Waals surface area contributed by atoms with Crippen LogP contribution in [0.5, 0.6) is 0 Å². The molecule has 0 saturated carbocycles. The van der Waals surface area contributed by atoms with Crippen LogP contribution in [0.3, 0.4) is 0 Å². The minimum absolute atomic E-state index is 0.00201. The summed E-state index contributed by atoms with van der Waals surface area (Å²) in [5.74, 6) is 0.672. The SMILES string of the molecule is CCn1c(/C=C/c2cn(Cc3ccccc3)c3ccccc23)nc2ccc(I)cc2c1=O. The van der Waals surface area contributed by atoms with Crippen LogP contribution in [-0.2, 0) is 13.1 Å². The van der Waals surface area contributed by atoms with Crippen LogP contribution >= 0.6 is 22.6 Å². The third-order valence-electron chi connectivity index (χ3n) is 5.69. The molecule has 2 aromatic heterocycles. The number of hydrogen-bond acceptors (Lipinski definition) is 2. The van der Waals surface area contributed by atoms with E-state index in [1.54, 1.807) is 4.57 Å². The summed E-state index contributed by atoms with van der Waals surface area (Å²) in [5.41, 5.74) is 4.28. The molecule has 0 aliphatic rings. The maximum absolute atomic E-state index is 13.0. The van der Waals surface area contributed by atoms with E-state index in [1.165, 1.54) is 16.5 Å². The minimum atomic E-state index is 0.00201. The fourth-order valence-corrected chi connectivity index (χ4v) is 4.62. The fraction of sp³-hybridized carbons (Fsp3) is 0.111. The number of hydrogen-bond donors (Lipinski definition) is 0. The fourth-order valence-electron chi connectivity index (χ4n) is 4.13. The van der Waals surface area contributed by atoms with Crippen molar-refractivity contribution < 1.29 is 0 Å². The second-order valence-electron chi connectivity index (χ2n) is 7.73. The molecule has 0 unspecified atom stereocenters. The molecule has 5 aromatic rings. The van der Waals surface area contributed by atoms with Crippen molar-refractivity contribution in [2.24, 2.45) is 0 Å². The Bertz CT molecular complexity index is 1510. The van der Waals surface area contributed by atoms with Gasteiger partial charge in [0.25, 0.3) is 5.56 Å². The number of halogens is 1. The molecular formula is C27H22IN3O. The van der Waals surface area contributed by atoms with E-state index in [-0.39, 0.29) is 5.56 Å². The Morgan fingerprint density at radius 1 is 0.938 bits per heavy atom. The normalized spacial score (nSPS) is 11.7. The van der Waals surface area contributed by atoms with Crippen LogP contribution in [0.15, 0.2) is 83.8 Å². The first kappa shape index (κ1) is 20.7. The molecule has 0 radical (unpaired) electrons. The summed E-state index contributed by atoms with van der Waals surface area (Å²) in [7, 11) is 0. The van der Waals surface area contributed by atoms with E-state index in [1.807, 2.05) is 37.3 Å². The molecule has 5 rings (SSSR count). The third kappa shape index (κ3) is 3.88. The highest BCUT2D eigenvalue weighted by Crippen LogP contribution is 2.24. The number of fused-ring (bicyclic) bond motifs is 2. The lowest BCUT2D eigenvalue weighted by atomic mass is 10.1. The highest BCUT2D eigenvalue weighted by atomic mass is 127. The van der Waals surface area contributed by atoms with Gasteiger partial charge in [-0.1, -0.05) is 48.5 Å². The van der Waals surface area contributed by atoms with Gasteiger partial charge in [-0.3, -0.25) is 9.36 Å². The van der Waals surface area contributed by atoms with Gasteiger partial charge in [-0.15, -0.1) is 0 Å². The van der Waals surface area contributed by atoms with Crippen molar-refractivity contribution in [1.29, 1.82) is 0 Å². The van der Waals surface area contributed by atoms with Gasteiger partial charge < -0.3 is 4.57 Å². The molecule has 4 nitrogen and oxygen atoms in total. The van der Waals surface area contributed by atoms with Crippen molar-refractivity contribution in [2.75, 3.05) is 0 Å². The first-order valence-electron chi connectivity index (χ1n) is 10.6. The molecule has 3 aromatic carbocycles. The molecule has 0 amide bonds. The average Bonchev–Trinajstić information content (AvgIpc) is 3.16. The molecule has 0 saturated heterocycles. The van der Waals surface area contributed by atoms with E-state index < -0.39 is 0 Å². The number of aromatic nitrogens is 3. The summed E-state index contributed by atoms with van der Waals surface area (Å²) in [6, 6.07) is 24.7. The zero-order chi connectivity index (χ0) is 22.1. The molecule has 0 aliphatic heterocycles. The second-order valence-corrected chi connectivity index (χ2v) is 8.97. The van der Waals surface area contributed by atoms with Crippen molar-refractivity contribution in [3.8, 4) is 0 Å². The lowest BCUT2D eigenvalue weighted by molar-refractivity contribution is 0.708. The number of rotatable bonds is 5. The molecule has 0 spiro atoms. The predicted molar refractivity (Wildman–Crippen MR) is 141 cm³/mol. The Hall–Kier alpha value is -3.19. The van der Waals surface area contributed by atoms with Crippen LogP contribution in [0.2, 0.25) is 0 Å². The van der Waals surface area contributed by atoms with Crippen LogP contribution in [0, 0.1) is 3.57 Å². The van der Waals surface area contributed by atoms with Crippen LogP contribution in [0.25, 0.3) is 34.0 Å². The van der Waals surface area contributed by atoms with Crippen LogP contribution in [0.1, 0.15) is 23.9 Å². The molecule has 0 bridgehead atoms. The summed E-state index contributed by atoms with van der Waals surface area (Å²) in [4.78, 5) is 17.8. The average molecular weight is 531 g/mol. The summed E-state index contributed by atoms with van der Waals surface area (Å²) in [5, 5.41) is 1.84. The molecule has 0 aliphatic carbocycles. The van der Waals surface area contributed by atoms with Crippen molar-refractivity contribution >= 4 is 56.5 Å². The Labute approximate surface area is 200 Å². The summed E-state index contributed by atoms with van der Waals surface area (Å²) >= 11 is 2.23. The van der Waals surface area contributed by atoms with E-state index in [9.17, 15) is 4.79 Å². The van der Waals surface area contributed by atoms with E-state index in [2.05, 4.69) is 88.0 Å². The molecule has 2 heterocycles. The molecule has 0 N–H and O–H groups in total. The van der Waals surface area contributed by atoms with E-state index in [0.29, 0.717) is 17.8 Å². The van der Waals surface area contributed by atoms with Crippen LogP contribution < -0.4 is 5.56 Å². The van der Waals surface area contributed by atoms with Gasteiger partial charge in [0.05, 0.1) is 10.9 Å². The van der Waals surface area contributed by atoms with Crippen molar-refractivity contribution in [3.05, 3.63) is 110 Å². The lowest BCUT2D eigenvalue weighted by Crippen LogP contribution is -2.23. The van der Waals surface area contributed by atoms with Gasteiger partial charge in [0.2, 0.25) is 0 Å². The quantitative estimate of drug-likeness (QED) is 0.254. The first-order valence-corrected chi connectivity index (χ1v) is 11.7. The summed E-state index contributed by atoms with van der Waals surface area (Å²) in [6.07, 6.45) is 6.19. The van der Waals surface area contributed by atoms with E-state index in [0.717, 1.165) is 21.2 Å². The monoisotopic (exact) mass is 531 g/mol. The Morgan fingerprint density at radius 2 is 1.72 bits per heavy atom. The van der Waals surface area contributed by atoms with Crippen molar-refractivity contribution in [2.45, 2.75) is 20.0 Å². The van der Waals surface area contributed by atoms with Gasteiger partial charge in [0.1, 0.15) is 5.82 Å². The standard InChI is InChI=1S/C27H22IN3O/c1-2-31-26(29-24-14-13-21(28)16-23(24)27(31)32)15-12-20-18-30(17-19-8-4-3-5-9-19)25-11-7-6-10-22(20)25/h3-16,18H,2,17H2,1H3/b15-12+. The zero-order valence-electron chi connectivity index (χ0n) is 17.7. The minimum Gasteiger partial charge on any atom is -0.342 e. The van der Waals surface area contributed by atoms with Gasteiger partial charge >= 0.3 is 0 Å². The molecular weight excluding hydrogens is 509 g/mol. The summed E-state index contributed by atoms with van der Waals surface area (Å²) < 4.78 is 5.04. The van der Waals surface area contributed by atoms with Gasteiger partial charge in [0, 0.05) is 39.3 Å². The maximum atomic E-state index is 13.0. The summed E-state index contributed by atoms with van der Waals surface area (Å²) in [6.45, 7) is 3.36. The molecule has 5 heteroatoms. The Kier molecular flexibility index (Phi) is 5.66. The molecule has 158 valence electrons. The second kappa shape index (κ2) is 8.74. The van der Waals surface area contributed by atoms with Gasteiger partial charge in [0.15, 0.2) is 0 Å². The zero-order valence-corrected chi connectivity index (χ0v) is 19.9. The van der Waals surface area contributed by atoms with Gasteiger partial charge in [-0.25, -0.2) is 4.98 Å². The largest absolute Gasteiger partial charge is 0.342 e. The van der Waals surface area contributed by atoms with Crippen molar-refractivity contribution in [3.63, 3.8) is 0 Å². The van der Waals surface area contributed by atoms with Crippen molar-refractivity contribution in [1.82, 2.24) is 14.1 Å². The molecule has 0 atom stereocenters. The number of para-hydroxylation sites is 1. The van der Waals surface area contributed by atoms with Gasteiger partial charge in [-0.2, -0.15) is 0 Å². The Balaban J connectivity index is 1.59. The molecule has 32 heavy (non-hydrogen) atoms. The lowest BCUT2D eigenvalue weighted by Gasteiger charge is -2.09. The highest BCUT2D eigenvalue weighted by molar-refractivity contribution is 14.1. The van der Waals surface area contributed by atoms with Crippen LogP contribution in [-0.4, -0.2) is 14.1 Å². The number of benzene rings is 3. The van der Waals surface area contributed by atoms with Crippen LogP contribution in [0.4, 0.5) is 0 Å². The number of nitrogens with zero attached hydrogens (tertiary/aromatic N) is 3. The smallest absolute Gasteiger partial charge is 0.261 e.